The summed E-state index contributed by atoms with van der Waals surface area (Å²) >= 11 is 0. The van der Waals surface area contributed by atoms with E-state index in [2.05, 4.69) is 44.6 Å². The van der Waals surface area contributed by atoms with E-state index in [0.29, 0.717) is 43.4 Å². The molecule has 0 aliphatic rings. The lowest BCUT2D eigenvalue weighted by molar-refractivity contribution is 0.0222. The molecule has 3 rings (SSSR count). The van der Waals surface area contributed by atoms with Crippen molar-refractivity contribution in [2.45, 2.75) is 57.5 Å². The van der Waals surface area contributed by atoms with Crippen LogP contribution in [0, 0.1) is 0 Å². The van der Waals surface area contributed by atoms with Gasteiger partial charge in [-0.15, -0.1) is 0 Å². The molecular formula is C36H56N2O8SSi2. The molecule has 0 spiro atoms. The predicted molar refractivity (Wildman–Crippen MR) is 204 cm³/mol. The summed E-state index contributed by atoms with van der Waals surface area (Å²) in [7, 11) is -4.73. The highest BCUT2D eigenvalue weighted by Crippen LogP contribution is 2.33. The number of anilines is 1. The van der Waals surface area contributed by atoms with Gasteiger partial charge in [0.15, 0.2) is 6.79 Å². The van der Waals surface area contributed by atoms with Gasteiger partial charge in [-0.05, 0) is 65.2 Å². The van der Waals surface area contributed by atoms with Crippen LogP contribution in [0.2, 0.25) is 51.4 Å². The number of hydrogen-bond acceptors (Lipinski definition) is 9. The average molecular weight is 733 g/mol. The van der Waals surface area contributed by atoms with Crippen molar-refractivity contribution >= 4 is 31.9 Å². The Labute approximate surface area is 295 Å². The van der Waals surface area contributed by atoms with Crippen molar-refractivity contribution in [3.63, 3.8) is 0 Å². The Morgan fingerprint density at radius 2 is 1.35 bits per heavy atom. The van der Waals surface area contributed by atoms with Crippen LogP contribution in [0.1, 0.15) is 11.7 Å². The summed E-state index contributed by atoms with van der Waals surface area (Å²) in [6, 6.07) is 22.7. The van der Waals surface area contributed by atoms with E-state index in [1.54, 1.807) is 25.3 Å². The molecule has 13 heteroatoms. The molecule has 3 aromatic rings. The van der Waals surface area contributed by atoms with E-state index in [1.165, 1.54) is 4.31 Å². The van der Waals surface area contributed by atoms with Crippen molar-refractivity contribution in [2.75, 3.05) is 64.1 Å². The van der Waals surface area contributed by atoms with Gasteiger partial charge in [-0.3, -0.25) is 0 Å². The molecule has 0 bridgehead atoms. The molecule has 49 heavy (non-hydrogen) atoms. The zero-order valence-corrected chi connectivity index (χ0v) is 33.3. The smallest absolute Gasteiger partial charge is 0.234 e. The van der Waals surface area contributed by atoms with Crippen LogP contribution < -0.4 is 23.8 Å². The fraction of sp³-hybridized carbons (Fsp3) is 0.500. The Morgan fingerprint density at radius 1 is 0.776 bits per heavy atom. The van der Waals surface area contributed by atoms with Crippen molar-refractivity contribution in [2.24, 2.45) is 0 Å². The SMILES string of the molecule is COc1ccc(-c2ccc(OCCNCC(O)c3ccc(OCOCC[Si](C)(C)C)c(N(COCC[Si](C)(C)C)S(C)(=O)=O)c3)cc2)cc1. The molecule has 10 nitrogen and oxygen atoms in total. The van der Waals surface area contributed by atoms with Crippen LogP contribution in [-0.4, -0.2) is 89.5 Å². The monoisotopic (exact) mass is 732 g/mol. The van der Waals surface area contributed by atoms with Crippen LogP contribution in [0.15, 0.2) is 66.7 Å². The second-order valence-electron chi connectivity index (χ2n) is 14.5. The third-order valence-electron chi connectivity index (χ3n) is 7.70. The molecule has 0 saturated carbocycles. The summed E-state index contributed by atoms with van der Waals surface area (Å²) in [5.74, 6) is 1.90. The van der Waals surface area contributed by atoms with Gasteiger partial charge in [-0.2, -0.15) is 0 Å². The van der Waals surface area contributed by atoms with E-state index in [9.17, 15) is 13.5 Å². The van der Waals surface area contributed by atoms with E-state index in [4.69, 9.17) is 23.7 Å². The quantitative estimate of drug-likeness (QED) is 0.0652. The van der Waals surface area contributed by atoms with Crippen LogP contribution in [0.25, 0.3) is 11.1 Å². The first-order valence-corrected chi connectivity index (χ1v) is 26.0. The van der Waals surface area contributed by atoms with Gasteiger partial charge < -0.3 is 34.1 Å². The minimum absolute atomic E-state index is 0.0147. The first-order valence-electron chi connectivity index (χ1n) is 16.7. The van der Waals surface area contributed by atoms with E-state index >= 15 is 0 Å². The normalized spacial score (nSPS) is 12.8. The minimum Gasteiger partial charge on any atom is -0.497 e. The number of sulfonamides is 1. The van der Waals surface area contributed by atoms with Gasteiger partial charge >= 0.3 is 0 Å². The number of rotatable bonds is 22. The van der Waals surface area contributed by atoms with Gasteiger partial charge in [0.1, 0.15) is 30.6 Å². The highest BCUT2D eigenvalue weighted by atomic mass is 32.2. The molecule has 0 heterocycles. The van der Waals surface area contributed by atoms with Crippen molar-refractivity contribution in [3.05, 3.63) is 72.3 Å². The van der Waals surface area contributed by atoms with Crippen molar-refractivity contribution in [1.29, 1.82) is 0 Å². The lowest BCUT2D eigenvalue weighted by Gasteiger charge is -2.26. The van der Waals surface area contributed by atoms with Crippen molar-refractivity contribution in [1.82, 2.24) is 5.32 Å². The molecule has 0 saturated heterocycles. The van der Waals surface area contributed by atoms with Crippen LogP contribution >= 0.6 is 0 Å². The van der Waals surface area contributed by atoms with E-state index < -0.39 is 32.3 Å². The fourth-order valence-corrected chi connectivity index (χ4v) is 6.87. The third kappa shape index (κ3) is 14.8. The largest absolute Gasteiger partial charge is 0.497 e. The van der Waals surface area contributed by atoms with Crippen molar-refractivity contribution in [3.8, 4) is 28.4 Å². The summed E-state index contributed by atoms with van der Waals surface area (Å²) in [6.45, 7) is 15.5. The summed E-state index contributed by atoms with van der Waals surface area (Å²) < 4.78 is 55.8. The third-order valence-corrected chi connectivity index (χ3v) is 12.2. The van der Waals surface area contributed by atoms with E-state index in [-0.39, 0.29) is 20.1 Å². The summed E-state index contributed by atoms with van der Waals surface area (Å²) in [4.78, 5) is 0. The topological polar surface area (TPSA) is 116 Å². The first-order chi connectivity index (χ1) is 23.1. The molecule has 0 aliphatic heterocycles. The summed E-state index contributed by atoms with van der Waals surface area (Å²) in [5.41, 5.74) is 3.00. The highest BCUT2D eigenvalue weighted by molar-refractivity contribution is 7.92. The highest BCUT2D eigenvalue weighted by Gasteiger charge is 2.24. The van der Waals surface area contributed by atoms with E-state index in [1.807, 2.05) is 48.5 Å². The molecule has 2 N–H and O–H groups in total. The predicted octanol–water partition coefficient (Wildman–Crippen LogP) is 6.83. The molecular weight excluding hydrogens is 677 g/mol. The number of hydrogen-bond donors (Lipinski definition) is 2. The number of nitrogens with one attached hydrogen (secondary N) is 1. The minimum atomic E-state index is -3.74. The molecule has 0 aromatic heterocycles. The lowest BCUT2D eigenvalue weighted by atomic mass is 10.1. The van der Waals surface area contributed by atoms with Crippen molar-refractivity contribution < 1.29 is 37.2 Å². The van der Waals surface area contributed by atoms with Crippen LogP contribution in [0.3, 0.4) is 0 Å². The van der Waals surface area contributed by atoms with Crippen LogP contribution in [-0.2, 0) is 19.5 Å². The van der Waals surface area contributed by atoms with Crippen LogP contribution in [0.4, 0.5) is 5.69 Å². The van der Waals surface area contributed by atoms with Gasteiger partial charge in [0, 0.05) is 42.5 Å². The molecule has 0 fully saturated rings. The molecule has 0 radical (unpaired) electrons. The number of aliphatic hydroxyl groups excluding tert-OH is 1. The second-order valence-corrected chi connectivity index (χ2v) is 27.6. The Kier molecular flexibility index (Phi) is 15.6. The van der Waals surface area contributed by atoms with Gasteiger partial charge in [0.05, 0.1) is 25.2 Å². The standard InChI is InChI=1S/C36H56N2O8SSi2/c1-42-32-14-9-29(10-15-32)30-11-16-33(17-12-30)45-20-19-37-26-35(39)31-13-18-36(46-28-44-22-24-49(6,7)8)34(25-31)38(47(2,40)41)27-43-21-23-48(3,4)5/h9-18,25,35,37,39H,19-24,26-28H2,1-8H3. The molecule has 272 valence electrons. The summed E-state index contributed by atoms with van der Waals surface area (Å²) in [6.07, 6.45) is 0.235. The maximum atomic E-state index is 13.0. The number of ether oxygens (including phenoxy) is 5. The zero-order chi connectivity index (χ0) is 36.1. The first kappa shape index (κ1) is 40.5. The van der Waals surface area contributed by atoms with Gasteiger partial charge in [-0.25, -0.2) is 12.7 Å². The zero-order valence-electron chi connectivity index (χ0n) is 30.5. The number of methoxy groups -OCH3 is 1. The molecule has 1 atom stereocenters. The van der Waals surface area contributed by atoms with Gasteiger partial charge in [0.2, 0.25) is 10.0 Å². The average Bonchev–Trinajstić information content (AvgIpc) is 3.03. The van der Waals surface area contributed by atoms with Gasteiger partial charge in [0.25, 0.3) is 0 Å². The molecule has 0 aliphatic carbocycles. The Hall–Kier alpha value is -2.92. The Balaban J connectivity index is 1.61. The van der Waals surface area contributed by atoms with E-state index in [0.717, 1.165) is 41.0 Å². The molecule has 0 amide bonds. The van der Waals surface area contributed by atoms with Crippen LogP contribution in [0.5, 0.6) is 17.2 Å². The molecule has 1 unspecified atom stereocenters. The lowest BCUT2D eigenvalue weighted by Crippen LogP contribution is -2.34. The fourth-order valence-electron chi connectivity index (χ4n) is 4.60. The maximum absolute atomic E-state index is 13.0. The Bertz CT molecular complexity index is 1530. The number of benzene rings is 3. The van der Waals surface area contributed by atoms with Gasteiger partial charge in [-0.1, -0.05) is 69.6 Å². The molecule has 3 aromatic carbocycles. The number of nitrogens with zero attached hydrogens (tertiary/aromatic N) is 1. The maximum Gasteiger partial charge on any atom is 0.234 e. The summed E-state index contributed by atoms with van der Waals surface area (Å²) in [5, 5.41) is 14.3. The second kappa shape index (κ2) is 18.9. The Morgan fingerprint density at radius 3 is 1.90 bits per heavy atom. The number of aliphatic hydroxyl groups is 1.